The number of aryl methyl sites for hydroxylation is 1. The number of nitrogens with zero attached hydrogens (tertiary/aromatic N) is 2. The second-order valence-corrected chi connectivity index (χ2v) is 11.9. The molecular formula is C34H36FN3O4. The van der Waals surface area contributed by atoms with Crippen LogP contribution in [0.4, 0.5) is 10.1 Å². The molecule has 0 amide bonds. The molecule has 8 heteroatoms. The predicted molar refractivity (Wildman–Crippen MR) is 160 cm³/mol. The third-order valence-corrected chi connectivity index (χ3v) is 9.32. The van der Waals surface area contributed by atoms with Crippen LogP contribution in [-0.4, -0.2) is 46.1 Å². The maximum Gasteiger partial charge on any atom is 0.335 e. The molecule has 2 fully saturated rings. The summed E-state index contributed by atoms with van der Waals surface area (Å²) in [5.74, 6) is -0.0883. The summed E-state index contributed by atoms with van der Waals surface area (Å²) >= 11 is 0. The van der Waals surface area contributed by atoms with Crippen molar-refractivity contribution in [3.63, 3.8) is 0 Å². The molecule has 2 N–H and O–H groups in total. The Bertz CT molecular complexity index is 1600. The first-order chi connectivity index (χ1) is 20.6. The van der Waals surface area contributed by atoms with Gasteiger partial charge in [0.25, 0.3) is 0 Å². The number of alkyl halides is 1. The number of carboxylic acids is 1. The number of hydrogen-bond donors (Lipinski definition) is 2. The minimum atomic E-state index is -0.959. The molecule has 218 valence electrons. The number of pyridine rings is 1. The second kappa shape index (κ2) is 11.4. The average molecular weight is 570 g/mol. The van der Waals surface area contributed by atoms with Crippen molar-refractivity contribution < 1.29 is 23.8 Å². The Morgan fingerprint density at radius 2 is 2.02 bits per heavy atom. The van der Waals surface area contributed by atoms with Gasteiger partial charge in [0.05, 0.1) is 17.9 Å². The van der Waals surface area contributed by atoms with Crippen molar-refractivity contribution in [1.29, 1.82) is 0 Å². The number of hydrogen-bond acceptors (Lipinski definition) is 5. The SMILES string of the molecule is O=C(O)c1ccc2c(C3CCCC[C@@H]3F)c3n(c2c1)CCC(C1CCOC1)Nc1cc(OCc2cccnc2)ccc1-3. The fourth-order valence-electron chi connectivity index (χ4n) is 7.17. The molecule has 0 spiro atoms. The first kappa shape index (κ1) is 27.0. The van der Waals surface area contributed by atoms with Crippen LogP contribution in [0.5, 0.6) is 5.75 Å². The smallest absolute Gasteiger partial charge is 0.335 e. The lowest BCUT2D eigenvalue weighted by Gasteiger charge is -2.32. The Morgan fingerprint density at radius 1 is 1.12 bits per heavy atom. The second-order valence-electron chi connectivity index (χ2n) is 11.9. The molecular weight excluding hydrogens is 533 g/mol. The molecule has 2 aliphatic heterocycles. The van der Waals surface area contributed by atoms with E-state index >= 15 is 4.39 Å². The van der Waals surface area contributed by atoms with Gasteiger partial charge in [0, 0.05) is 77.2 Å². The number of rotatable bonds is 6. The van der Waals surface area contributed by atoms with Crippen LogP contribution in [-0.2, 0) is 17.9 Å². The zero-order valence-electron chi connectivity index (χ0n) is 23.6. The Hall–Kier alpha value is -3.91. The number of aromatic nitrogens is 2. The van der Waals surface area contributed by atoms with Crippen LogP contribution in [0, 0.1) is 5.92 Å². The molecule has 1 saturated heterocycles. The van der Waals surface area contributed by atoms with E-state index in [-0.39, 0.29) is 17.5 Å². The van der Waals surface area contributed by atoms with Crippen molar-refractivity contribution >= 4 is 22.6 Å². The van der Waals surface area contributed by atoms with Gasteiger partial charge in [-0.1, -0.05) is 25.0 Å². The zero-order valence-corrected chi connectivity index (χ0v) is 23.6. The van der Waals surface area contributed by atoms with Gasteiger partial charge in [-0.2, -0.15) is 0 Å². The van der Waals surface area contributed by atoms with Crippen LogP contribution in [0.2, 0.25) is 0 Å². The lowest BCUT2D eigenvalue weighted by Crippen LogP contribution is -2.32. The molecule has 3 unspecified atom stereocenters. The number of aromatic carboxylic acids is 1. The summed E-state index contributed by atoms with van der Waals surface area (Å²) in [4.78, 5) is 16.2. The van der Waals surface area contributed by atoms with E-state index in [4.69, 9.17) is 9.47 Å². The molecule has 7 nitrogen and oxygen atoms in total. The number of carboxylic acid groups (broad SMARTS) is 1. The first-order valence-corrected chi connectivity index (χ1v) is 15.1. The highest BCUT2D eigenvalue weighted by molar-refractivity contribution is 5.99. The predicted octanol–water partition coefficient (Wildman–Crippen LogP) is 7.20. The highest BCUT2D eigenvalue weighted by Crippen LogP contribution is 2.48. The van der Waals surface area contributed by atoms with Gasteiger partial charge in [0.1, 0.15) is 18.5 Å². The minimum Gasteiger partial charge on any atom is -0.489 e. The Balaban J connectivity index is 1.39. The fourth-order valence-corrected chi connectivity index (χ4v) is 7.17. The number of nitrogens with one attached hydrogen (secondary N) is 1. The van der Waals surface area contributed by atoms with E-state index in [9.17, 15) is 9.90 Å². The Labute approximate surface area is 244 Å². The third kappa shape index (κ3) is 5.02. The molecule has 0 bridgehead atoms. The normalized spacial score (nSPS) is 23.8. The average Bonchev–Trinajstić information content (AvgIpc) is 3.64. The lowest BCUT2D eigenvalue weighted by atomic mass is 9.80. The van der Waals surface area contributed by atoms with Gasteiger partial charge in [-0.25, -0.2) is 9.18 Å². The van der Waals surface area contributed by atoms with Gasteiger partial charge in [-0.3, -0.25) is 4.98 Å². The summed E-state index contributed by atoms with van der Waals surface area (Å²) in [6, 6.07) is 15.5. The molecule has 1 saturated carbocycles. The van der Waals surface area contributed by atoms with E-state index in [2.05, 4.69) is 27.0 Å². The van der Waals surface area contributed by atoms with E-state index in [0.717, 1.165) is 83.4 Å². The van der Waals surface area contributed by atoms with Crippen LogP contribution < -0.4 is 10.1 Å². The molecule has 2 aromatic heterocycles. The van der Waals surface area contributed by atoms with Gasteiger partial charge < -0.3 is 24.5 Å². The Kier molecular flexibility index (Phi) is 7.32. The molecule has 0 radical (unpaired) electrons. The topological polar surface area (TPSA) is 85.6 Å². The number of ether oxygens (including phenoxy) is 2. The van der Waals surface area contributed by atoms with Crippen molar-refractivity contribution in [2.24, 2.45) is 5.92 Å². The first-order valence-electron chi connectivity index (χ1n) is 15.1. The van der Waals surface area contributed by atoms with Gasteiger partial charge in [0.15, 0.2) is 0 Å². The van der Waals surface area contributed by atoms with Gasteiger partial charge >= 0.3 is 5.97 Å². The van der Waals surface area contributed by atoms with Gasteiger partial charge in [-0.15, -0.1) is 0 Å². The quantitative estimate of drug-likeness (QED) is 0.256. The molecule has 2 aromatic carbocycles. The number of anilines is 1. The van der Waals surface area contributed by atoms with E-state index < -0.39 is 12.1 Å². The van der Waals surface area contributed by atoms with Gasteiger partial charge in [-0.05, 0) is 61.6 Å². The summed E-state index contributed by atoms with van der Waals surface area (Å²) < 4.78 is 30.0. The fraction of sp³-hybridized carbons (Fsp3) is 0.412. The molecule has 1 aliphatic carbocycles. The van der Waals surface area contributed by atoms with Crippen molar-refractivity contribution in [3.8, 4) is 17.0 Å². The molecule has 4 aromatic rings. The van der Waals surface area contributed by atoms with Crippen LogP contribution in [0.15, 0.2) is 60.9 Å². The standard InChI is InChI=1S/C34H36FN3O4/c35-28-6-2-1-5-25(28)32-27-9-7-22(34(39)40)16-31(27)38-14-11-29(23-12-15-41-20-23)37-30-17-24(8-10-26(30)33(32)38)42-19-21-4-3-13-36-18-21/h3-4,7-10,13,16-18,23,25,28-29,37H,1-2,5-6,11-12,14-15,19-20H2,(H,39,40)/t23?,25?,28-,29?/m0/s1. The summed E-state index contributed by atoms with van der Waals surface area (Å²) in [7, 11) is 0. The van der Waals surface area contributed by atoms with Crippen molar-refractivity contribution in [2.45, 2.75) is 69.8 Å². The summed E-state index contributed by atoms with van der Waals surface area (Å²) in [6.45, 7) is 2.57. The molecule has 42 heavy (non-hydrogen) atoms. The highest BCUT2D eigenvalue weighted by atomic mass is 19.1. The Morgan fingerprint density at radius 3 is 2.81 bits per heavy atom. The van der Waals surface area contributed by atoms with E-state index in [0.29, 0.717) is 32.1 Å². The molecule has 4 heterocycles. The van der Waals surface area contributed by atoms with Crippen molar-refractivity contribution in [1.82, 2.24) is 9.55 Å². The van der Waals surface area contributed by atoms with E-state index in [1.807, 2.05) is 24.3 Å². The van der Waals surface area contributed by atoms with Gasteiger partial charge in [0.2, 0.25) is 0 Å². The van der Waals surface area contributed by atoms with E-state index in [1.165, 1.54) is 0 Å². The van der Waals surface area contributed by atoms with Crippen LogP contribution >= 0.6 is 0 Å². The number of halogens is 1. The highest BCUT2D eigenvalue weighted by Gasteiger charge is 2.35. The lowest BCUT2D eigenvalue weighted by molar-refractivity contribution is 0.0697. The van der Waals surface area contributed by atoms with Crippen molar-refractivity contribution in [2.75, 3.05) is 18.5 Å². The third-order valence-electron chi connectivity index (χ3n) is 9.32. The molecule has 3 aliphatic rings. The number of benzene rings is 2. The van der Waals surface area contributed by atoms with E-state index in [1.54, 1.807) is 24.5 Å². The van der Waals surface area contributed by atoms with Crippen molar-refractivity contribution in [3.05, 3.63) is 77.6 Å². The maximum atomic E-state index is 15.7. The zero-order chi connectivity index (χ0) is 28.6. The summed E-state index contributed by atoms with van der Waals surface area (Å²) in [5.41, 5.74) is 6.03. The monoisotopic (exact) mass is 569 g/mol. The maximum absolute atomic E-state index is 15.7. The summed E-state index contributed by atoms with van der Waals surface area (Å²) in [6.07, 6.45) is 7.67. The largest absolute Gasteiger partial charge is 0.489 e. The van der Waals surface area contributed by atoms with Crippen LogP contribution in [0.3, 0.4) is 0 Å². The molecule has 4 atom stereocenters. The number of carbonyl (C=O) groups is 1. The number of fused-ring (bicyclic) bond motifs is 5. The molecule has 7 rings (SSSR count). The minimum absolute atomic E-state index is 0.167. The van der Waals surface area contributed by atoms with Crippen LogP contribution in [0.25, 0.3) is 22.2 Å². The van der Waals surface area contributed by atoms with Crippen LogP contribution in [0.1, 0.15) is 65.9 Å². The summed E-state index contributed by atoms with van der Waals surface area (Å²) in [5, 5.41) is 14.7.